The molecule has 1 aromatic carbocycles. The monoisotopic (exact) mass is 754 g/mol. The van der Waals surface area contributed by atoms with Gasteiger partial charge in [0.2, 0.25) is 0 Å². The summed E-state index contributed by atoms with van der Waals surface area (Å²) >= 11 is 0. The molecular formula is C48H58N4O4. The molecule has 4 aromatic rings. The topological polar surface area (TPSA) is 102 Å². The van der Waals surface area contributed by atoms with E-state index in [-0.39, 0.29) is 6.61 Å². The van der Waals surface area contributed by atoms with Gasteiger partial charge in [-0.1, -0.05) is 58.7 Å². The van der Waals surface area contributed by atoms with Gasteiger partial charge < -0.3 is 24.2 Å². The zero-order valence-electron chi connectivity index (χ0n) is 34.6. The predicted octanol–water partition coefficient (Wildman–Crippen LogP) is 11.6. The van der Waals surface area contributed by atoms with Crippen LogP contribution in [0.2, 0.25) is 0 Å². The Bertz CT molecular complexity index is 2220. The summed E-state index contributed by atoms with van der Waals surface area (Å²) in [6.07, 6.45) is 7.42. The minimum absolute atomic E-state index is 0.159. The van der Waals surface area contributed by atoms with Crippen LogP contribution >= 0.6 is 0 Å². The lowest BCUT2D eigenvalue weighted by Gasteiger charge is -2.11. The highest BCUT2D eigenvalue weighted by atomic mass is 16.6. The van der Waals surface area contributed by atoms with E-state index in [2.05, 4.69) is 90.1 Å². The predicted molar refractivity (Wildman–Crippen MR) is 232 cm³/mol. The molecule has 0 spiro atoms. The minimum atomic E-state index is -0.393. The molecule has 56 heavy (non-hydrogen) atoms. The normalized spacial score (nSPS) is 12.9. The summed E-state index contributed by atoms with van der Waals surface area (Å²) in [5.74, 6) is -0.393. The maximum absolute atomic E-state index is 13.1. The van der Waals surface area contributed by atoms with Gasteiger partial charge in [0.1, 0.15) is 6.61 Å². The SMILES string of the molecule is C=CCOCCOCCOC(=O)c1ccc(-c2c3nc(cc4[nH]c(cc5[nH]c(cc6nc2C(C)=C6CC)c(CCC)c5C)c(C)c4CCC)C(CC)=C3C)cc1. The number of allylic oxidation sites excluding steroid dienone is 4. The van der Waals surface area contributed by atoms with Crippen LogP contribution < -0.4 is 0 Å². The molecule has 0 atom stereocenters. The number of carbonyl (C=O) groups excluding carboxylic acids is 1. The van der Waals surface area contributed by atoms with Crippen LogP contribution in [-0.4, -0.2) is 58.9 Å². The average molecular weight is 755 g/mol. The average Bonchev–Trinajstić information content (AvgIpc) is 3.87. The van der Waals surface area contributed by atoms with Crippen molar-refractivity contribution in [2.45, 2.75) is 93.9 Å². The van der Waals surface area contributed by atoms with Gasteiger partial charge in [0.15, 0.2) is 0 Å². The number of nitrogens with zero attached hydrogens (tertiary/aromatic N) is 2. The first-order valence-corrected chi connectivity index (χ1v) is 20.4. The zero-order chi connectivity index (χ0) is 39.9. The smallest absolute Gasteiger partial charge is 0.338 e. The summed E-state index contributed by atoms with van der Waals surface area (Å²) in [7, 11) is 0. The molecule has 8 bridgehead atoms. The largest absolute Gasteiger partial charge is 0.460 e. The van der Waals surface area contributed by atoms with Crippen molar-refractivity contribution in [1.82, 2.24) is 19.9 Å². The maximum atomic E-state index is 13.1. The lowest BCUT2D eigenvalue weighted by atomic mass is 9.93. The van der Waals surface area contributed by atoms with Gasteiger partial charge in [0.05, 0.1) is 54.8 Å². The van der Waals surface area contributed by atoms with E-state index in [9.17, 15) is 4.79 Å². The fraction of sp³-hybridized carbons (Fsp3) is 0.396. The number of benzene rings is 1. The van der Waals surface area contributed by atoms with E-state index in [0.717, 1.165) is 106 Å². The van der Waals surface area contributed by atoms with Crippen molar-refractivity contribution in [3.05, 3.63) is 106 Å². The van der Waals surface area contributed by atoms with Gasteiger partial charge in [-0.3, -0.25) is 0 Å². The minimum Gasteiger partial charge on any atom is -0.460 e. The van der Waals surface area contributed by atoms with Crippen molar-refractivity contribution < 1.29 is 19.0 Å². The Morgan fingerprint density at radius 1 is 0.679 bits per heavy atom. The molecule has 6 rings (SSSR count). The lowest BCUT2D eigenvalue weighted by molar-refractivity contribution is 0.0181. The molecule has 0 saturated carbocycles. The first kappa shape index (κ1) is 40.6. The van der Waals surface area contributed by atoms with Crippen LogP contribution in [-0.2, 0) is 27.1 Å². The number of carbonyl (C=O) groups is 1. The van der Waals surface area contributed by atoms with Crippen LogP contribution in [0.4, 0.5) is 0 Å². The molecule has 0 radical (unpaired) electrons. The molecular weight excluding hydrogens is 697 g/mol. The third-order valence-corrected chi connectivity index (χ3v) is 11.1. The van der Waals surface area contributed by atoms with E-state index < -0.39 is 5.97 Å². The van der Waals surface area contributed by atoms with Gasteiger partial charge in [-0.05, 0) is 134 Å². The summed E-state index contributed by atoms with van der Waals surface area (Å²) in [5, 5.41) is 0. The molecule has 2 aliphatic rings. The van der Waals surface area contributed by atoms with Crippen molar-refractivity contribution in [3.8, 4) is 11.1 Å². The molecule has 8 heteroatoms. The highest BCUT2D eigenvalue weighted by Crippen LogP contribution is 2.43. The van der Waals surface area contributed by atoms with Crippen molar-refractivity contribution >= 4 is 50.3 Å². The van der Waals surface area contributed by atoms with Crippen LogP contribution in [0.1, 0.15) is 123 Å². The third-order valence-electron chi connectivity index (χ3n) is 11.1. The second-order valence-corrected chi connectivity index (χ2v) is 14.7. The molecule has 0 unspecified atom stereocenters. The Balaban J connectivity index is 1.57. The fourth-order valence-corrected chi connectivity index (χ4v) is 8.11. The summed E-state index contributed by atoms with van der Waals surface area (Å²) in [6, 6.07) is 14.5. The first-order valence-electron chi connectivity index (χ1n) is 20.4. The molecule has 2 aliphatic heterocycles. The highest BCUT2D eigenvalue weighted by Gasteiger charge is 2.26. The summed E-state index contributed by atoms with van der Waals surface area (Å²) in [6.45, 7) is 23.2. The molecule has 0 fully saturated rings. The van der Waals surface area contributed by atoms with Crippen molar-refractivity contribution in [3.63, 3.8) is 0 Å². The van der Waals surface area contributed by atoms with Crippen LogP contribution in [0, 0.1) is 13.8 Å². The third kappa shape index (κ3) is 8.23. The fourth-order valence-electron chi connectivity index (χ4n) is 8.11. The van der Waals surface area contributed by atoms with E-state index in [1.165, 1.54) is 33.4 Å². The number of hydrogen-bond donors (Lipinski definition) is 2. The number of aromatic nitrogens is 4. The number of ether oxygens (including phenoxy) is 3. The Hall–Kier alpha value is -5.05. The molecule has 5 heterocycles. The number of rotatable bonds is 16. The Morgan fingerprint density at radius 3 is 1.66 bits per heavy atom. The summed E-state index contributed by atoms with van der Waals surface area (Å²) in [4.78, 5) is 31.7. The van der Waals surface area contributed by atoms with Gasteiger partial charge in [-0.15, -0.1) is 6.58 Å². The van der Waals surface area contributed by atoms with Crippen LogP contribution in [0.5, 0.6) is 0 Å². The quantitative estimate of drug-likeness (QED) is 0.0671. The summed E-state index contributed by atoms with van der Waals surface area (Å²) in [5.41, 5.74) is 20.6. The number of fused-ring (bicyclic) bond motifs is 8. The number of aryl methyl sites for hydroxylation is 4. The van der Waals surface area contributed by atoms with Gasteiger partial charge >= 0.3 is 5.97 Å². The zero-order valence-corrected chi connectivity index (χ0v) is 34.6. The number of hydrogen-bond acceptors (Lipinski definition) is 6. The van der Waals surface area contributed by atoms with Gasteiger partial charge in [0.25, 0.3) is 0 Å². The van der Waals surface area contributed by atoms with Crippen molar-refractivity contribution in [1.29, 1.82) is 0 Å². The maximum Gasteiger partial charge on any atom is 0.338 e. The van der Waals surface area contributed by atoms with E-state index in [4.69, 9.17) is 24.2 Å². The van der Waals surface area contributed by atoms with Gasteiger partial charge in [0, 0.05) is 27.6 Å². The number of esters is 1. The Morgan fingerprint density at radius 2 is 1.18 bits per heavy atom. The molecule has 0 saturated heterocycles. The standard InChI is InChI=1S/C48H58N4O4/c1-10-15-37-29(6)39-26-40-30(7)38(16-11-2)44(50-40)28-42-36(14-5)32(9)47(52-42)45(46-31(8)35(13-4)41(51-46)27-43(37)49-39)33-17-19-34(20-18-33)48(53)56-25-24-55-23-22-54-21-12-3/h12,17-20,26-28,49-50H,3,10-11,13-16,21-25H2,1-2,4-9H3. The number of H-pyrrole nitrogens is 2. The van der Waals surface area contributed by atoms with Crippen LogP contribution in [0.25, 0.3) is 55.5 Å². The van der Waals surface area contributed by atoms with Crippen LogP contribution in [0.15, 0.2) is 55.1 Å². The van der Waals surface area contributed by atoms with Crippen molar-refractivity contribution in [2.24, 2.45) is 0 Å². The molecule has 294 valence electrons. The highest BCUT2D eigenvalue weighted by molar-refractivity contribution is 6.02. The van der Waals surface area contributed by atoms with E-state index in [1.54, 1.807) is 6.08 Å². The van der Waals surface area contributed by atoms with Gasteiger partial charge in [-0.25, -0.2) is 14.8 Å². The Kier molecular flexibility index (Phi) is 13.2. The first-order chi connectivity index (χ1) is 27.1. The summed E-state index contributed by atoms with van der Waals surface area (Å²) < 4.78 is 16.4. The van der Waals surface area contributed by atoms with E-state index in [0.29, 0.717) is 32.0 Å². The van der Waals surface area contributed by atoms with E-state index in [1.807, 2.05) is 24.3 Å². The molecule has 0 amide bonds. The van der Waals surface area contributed by atoms with Gasteiger partial charge in [-0.2, -0.15) is 0 Å². The molecule has 8 nitrogen and oxygen atoms in total. The molecule has 3 aromatic heterocycles. The van der Waals surface area contributed by atoms with E-state index >= 15 is 0 Å². The second kappa shape index (κ2) is 18.3. The Labute approximate surface area is 332 Å². The lowest BCUT2D eigenvalue weighted by Crippen LogP contribution is -2.13. The molecule has 0 aliphatic carbocycles. The van der Waals surface area contributed by atoms with Crippen molar-refractivity contribution in [2.75, 3.05) is 33.0 Å². The van der Waals surface area contributed by atoms with Crippen LogP contribution in [0.3, 0.4) is 0 Å². The number of aromatic amines is 2. The molecule has 2 N–H and O–H groups in total. The number of nitrogens with one attached hydrogen (secondary N) is 2. The second-order valence-electron chi connectivity index (χ2n) is 14.7.